The summed E-state index contributed by atoms with van der Waals surface area (Å²) in [6, 6.07) is 14.3. The van der Waals surface area contributed by atoms with E-state index >= 15 is 0 Å². The van der Waals surface area contributed by atoms with Crippen LogP contribution in [0.5, 0.6) is 5.75 Å². The van der Waals surface area contributed by atoms with Gasteiger partial charge < -0.3 is 14.0 Å². The van der Waals surface area contributed by atoms with Crippen LogP contribution in [0.2, 0.25) is 10.0 Å². The summed E-state index contributed by atoms with van der Waals surface area (Å²) in [4.78, 5) is 27.9. The molecule has 1 amide bonds. The average Bonchev–Trinajstić information content (AvgIpc) is 3.26. The highest BCUT2D eigenvalue weighted by atomic mass is 35.5. The third-order valence-electron chi connectivity index (χ3n) is 6.04. The molecule has 0 N–H and O–H groups in total. The Morgan fingerprint density at radius 3 is 2.29 bits per heavy atom. The number of halogens is 2. The molecule has 0 radical (unpaired) electrons. The van der Waals surface area contributed by atoms with E-state index in [1.807, 2.05) is 24.5 Å². The molecule has 2 heterocycles. The van der Waals surface area contributed by atoms with Crippen LogP contribution in [0.15, 0.2) is 65.4 Å². The predicted octanol–water partition coefficient (Wildman–Crippen LogP) is 6.29. The number of carbonyl (C=O) groups excluding carboxylic acids is 2. The van der Waals surface area contributed by atoms with Crippen molar-refractivity contribution in [3.63, 3.8) is 0 Å². The van der Waals surface area contributed by atoms with Crippen molar-refractivity contribution in [2.75, 3.05) is 19.1 Å². The minimum Gasteiger partial charge on any atom is -0.497 e. The van der Waals surface area contributed by atoms with Crippen LogP contribution in [0.4, 0.5) is 5.69 Å². The predicted molar refractivity (Wildman–Crippen MR) is 138 cm³/mol. The molecule has 6 nitrogen and oxygen atoms in total. The number of anilines is 1. The number of hydrogen-bond acceptors (Lipinski definition) is 4. The van der Waals surface area contributed by atoms with Crippen molar-refractivity contribution in [1.29, 1.82) is 0 Å². The highest BCUT2D eigenvalue weighted by molar-refractivity contribution is 6.34. The van der Waals surface area contributed by atoms with Crippen molar-refractivity contribution < 1.29 is 19.1 Å². The molecule has 0 bridgehead atoms. The molecule has 0 fully saturated rings. The molecule has 180 valence electrons. The molecule has 0 unspecified atom stereocenters. The van der Waals surface area contributed by atoms with Gasteiger partial charge in [-0.3, -0.25) is 9.69 Å². The molecule has 0 spiro atoms. The monoisotopic (exact) mass is 510 g/mol. The Balaban J connectivity index is 1.85. The second-order valence-corrected chi connectivity index (χ2v) is 8.95. The molecule has 8 heteroatoms. The summed E-state index contributed by atoms with van der Waals surface area (Å²) in [6.45, 7) is 5.59. The van der Waals surface area contributed by atoms with E-state index in [0.717, 1.165) is 22.6 Å². The molecule has 1 aliphatic rings. The first kappa shape index (κ1) is 24.6. The van der Waals surface area contributed by atoms with Crippen LogP contribution < -0.4 is 9.64 Å². The van der Waals surface area contributed by atoms with Crippen LogP contribution in [0.25, 0.3) is 11.8 Å². The van der Waals surface area contributed by atoms with Crippen LogP contribution in [-0.2, 0) is 14.3 Å². The zero-order chi connectivity index (χ0) is 25.4. The Hall–Kier alpha value is -3.48. The number of ether oxygens (including phenoxy) is 2. The van der Waals surface area contributed by atoms with Gasteiger partial charge in [0.1, 0.15) is 5.75 Å². The van der Waals surface area contributed by atoms with Crippen LogP contribution in [-0.4, -0.2) is 30.7 Å². The maximum atomic E-state index is 13.6. The fourth-order valence-corrected chi connectivity index (χ4v) is 4.71. The number of amides is 1. The number of rotatable bonds is 5. The Morgan fingerprint density at radius 2 is 1.66 bits per heavy atom. The standard InChI is InChI=1S/C27H24Cl2N2O4/c1-15-12-18(16(2)30(15)24-14-19(28)6-11-23(24)29)13-22-25(27(33)35-5)17(3)31(26(22)32)20-7-9-21(34-4)10-8-20/h6-14H,1-5H3/b22-13-. The van der Waals surface area contributed by atoms with Gasteiger partial charge in [-0.15, -0.1) is 0 Å². The van der Waals surface area contributed by atoms with Gasteiger partial charge >= 0.3 is 5.97 Å². The number of aryl methyl sites for hydroxylation is 1. The quantitative estimate of drug-likeness (QED) is 0.299. The van der Waals surface area contributed by atoms with E-state index in [4.69, 9.17) is 32.7 Å². The van der Waals surface area contributed by atoms with Gasteiger partial charge in [-0.05, 0) is 80.9 Å². The molecule has 0 atom stereocenters. The van der Waals surface area contributed by atoms with Crippen molar-refractivity contribution in [2.24, 2.45) is 0 Å². The second-order valence-electron chi connectivity index (χ2n) is 8.11. The van der Waals surface area contributed by atoms with Crippen LogP contribution in [0, 0.1) is 13.8 Å². The molecule has 3 aromatic rings. The number of benzene rings is 2. The van der Waals surface area contributed by atoms with E-state index in [2.05, 4.69) is 0 Å². The molecule has 1 aromatic heterocycles. The number of allylic oxidation sites excluding steroid dienone is 1. The zero-order valence-corrected chi connectivity index (χ0v) is 21.5. The Bertz CT molecular complexity index is 1400. The van der Waals surface area contributed by atoms with Gasteiger partial charge in [-0.1, -0.05) is 23.2 Å². The van der Waals surface area contributed by atoms with Crippen LogP contribution >= 0.6 is 23.2 Å². The Kier molecular flexibility index (Phi) is 6.79. The van der Waals surface area contributed by atoms with Crippen LogP contribution in [0.1, 0.15) is 23.9 Å². The number of carbonyl (C=O) groups is 2. The maximum Gasteiger partial charge on any atom is 0.340 e. The van der Waals surface area contributed by atoms with Crippen LogP contribution in [0.3, 0.4) is 0 Å². The van der Waals surface area contributed by atoms with Gasteiger partial charge in [0.2, 0.25) is 0 Å². The number of esters is 1. The van der Waals surface area contributed by atoms with E-state index in [0.29, 0.717) is 27.2 Å². The highest BCUT2D eigenvalue weighted by Gasteiger charge is 2.38. The molecule has 0 aliphatic carbocycles. The summed E-state index contributed by atoms with van der Waals surface area (Å²) in [5, 5.41) is 1.11. The van der Waals surface area contributed by atoms with Gasteiger partial charge in [0.15, 0.2) is 0 Å². The third kappa shape index (κ3) is 4.35. The number of methoxy groups -OCH3 is 2. The first-order valence-corrected chi connectivity index (χ1v) is 11.6. The molecule has 0 saturated heterocycles. The number of nitrogens with zero attached hydrogens (tertiary/aromatic N) is 2. The van der Waals surface area contributed by atoms with E-state index < -0.39 is 5.97 Å². The second kappa shape index (κ2) is 9.64. The lowest BCUT2D eigenvalue weighted by Gasteiger charge is -2.18. The minimum atomic E-state index is -0.579. The van der Waals surface area contributed by atoms with Crippen molar-refractivity contribution in [2.45, 2.75) is 20.8 Å². The summed E-state index contributed by atoms with van der Waals surface area (Å²) in [6.07, 6.45) is 1.72. The normalized spacial score (nSPS) is 14.8. The fourth-order valence-electron chi connectivity index (χ4n) is 4.34. The lowest BCUT2D eigenvalue weighted by Crippen LogP contribution is -2.24. The molecule has 0 saturated carbocycles. The van der Waals surface area contributed by atoms with E-state index in [-0.39, 0.29) is 17.1 Å². The highest BCUT2D eigenvalue weighted by Crippen LogP contribution is 2.37. The third-order valence-corrected chi connectivity index (χ3v) is 6.59. The fraction of sp³-hybridized carbons (Fsp3) is 0.185. The first-order chi connectivity index (χ1) is 16.7. The Morgan fingerprint density at radius 1 is 0.971 bits per heavy atom. The summed E-state index contributed by atoms with van der Waals surface area (Å²) in [5.74, 6) is -0.235. The molecular formula is C27H24Cl2N2O4. The average molecular weight is 511 g/mol. The van der Waals surface area contributed by atoms with Gasteiger partial charge in [0.05, 0.1) is 36.1 Å². The van der Waals surface area contributed by atoms with E-state index in [1.54, 1.807) is 62.6 Å². The topological polar surface area (TPSA) is 60.8 Å². The summed E-state index contributed by atoms with van der Waals surface area (Å²) < 4.78 is 12.2. The SMILES string of the molecule is COC(=O)C1=C(C)N(c2ccc(OC)cc2)C(=O)/C1=C\c1cc(C)n(-c2cc(Cl)ccc2Cl)c1C. The number of aromatic nitrogens is 1. The largest absolute Gasteiger partial charge is 0.497 e. The van der Waals surface area contributed by atoms with Gasteiger partial charge in [-0.2, -0.15) is 0 Å². The maximum absolute atomic E-state index is 13.6. The van der Waals surface area contributed by atoms with Gasteiger partial charge in [-0.25, -0.2) is 4.79 Å². The van der Waals surface area contributed by atoms with Gasteiger partial charge in [0, 0.05) is 27.8 Å². The van der Waals surface area contributed by atoms with E-state index in [1.165, 1.54) is 12.0 Å². The Labute approximate surface area is 214 Å². The van der Waals surface area contributed by atoms with Gasteiger partial charge in [0.25, 0.3) is 5.91 Å². The summed E-state index contributed by atoms with van der Waals surface area (Å²) >= 11 is 12.7. The van der Waals surface area contributed by atoms with Crippen molar-refractivity contribution in [3.8, 4) is 11.4 Å². The summed E-state index contributed by atoms with van der Waals surface area (Å²) in [5.41, 5.74) is 4.83. The smallest absolute Gasteiger partial charge is 0.340 e. The summed E-state index contributed by atoms with van der Waals surface area (Å²) in [7, 11) is 2.87. The van der Waals surface area contributed by atoms with Crippen molar-refractivity contribution in [1.82, 2.24) is 4.57 Å². The minimum absolute atomic E-state index is 0.221. The number of hydrogen-bond donors (Lipinski definition) is 0. The zero-order valence-electron chi connectivity index (χ0n) is 20.0. The van der Waals surface area contributed by atoms with Crippen molar-refractivity contribution in [3.05, 3.63) is 92.4 Å². The lowest BCUT2D eigenvalue weighted by molar-refractivity contribution is -0.136. The molecular weight excluding hydrogens is 487 g/mol. The van der Waals surface area contributed by atoms with E-state index in [9.17, 15) is 9.59 Å². The molecule has 2 aromatic carbocycles. The van der Waals surface area contributed by atoms with Crippen molar-refractivity contribution >= 4 is 46.8 Å². The molecule has 4 rings (SSSR count). The molecule has 35 heavy (non-hydrogen) atoms. The first-order valence-electron chi connectivity index (χ1n) is 10.8. The lowest BCUT2D eigenvalue weighted by atomic mass is 10.0. The molecule has 1 aliphatic heterocycles.